The number of hydrogen-bond acceptors (Lipinski definition) is 2. The van der Waals surface area contributed by atoms with Gasteiger partial charge in [-0.15, -0.1) is 0 Å². The van der Waals surface area contributed by atoms with E-state index in [9.17, 15) is 4.79 Å². The summed E-state index contributed by atoms with van der Waals surface area (Å²) in [5, 5.41) is 4.58. The average molecular weight is 352 g/mol. The van der Waals surface area contributed by atoms with Gasteiger partial charge < -0.3 is 0 Å². The molecule has 0 saturated carbocycles. The standard InChI is InChI=1S/C15H12BrClN2O/c1-10-2-5-12(8-14(10)16)15(20)19-18-9-11-3-6-13(17)7-4-11/h2-9H,1H3,(H,19,20). The second kappa shape index (κ2) is 6.68. The Morgan fingerprint density at radius 2 is 1.95 bits per heavy atom. The van der Waals surface area contributed by atoms with Gasteiger partial charge in [-0.25, -0.2) is 5.43 Å². The predicted octanol–water partition coefficient (Wildman–Crippen LogP) is 4.17. The smallest absolute Gasteiger partial charge is 0.267 e. The first kappa shape index (κ1) is 14.8. The second-order valence-electron chi connectivity index (χ2n) is 4.21. The third kappa shape index (κ3) is 3.92. The van der Waals surface area contributed by atoms with E-state index in [0.29, 0.717) is 10.6 Å². The highest BCUT2D eigenvalue weighted by Gasteiger charge is 2.05. The molecule has 2 aromatic rings. The number of amides is 1. The number of nitrogens with one attached hydrogen (secondary N) is 1. The van der Waals surface area contributed by atoms with Crippen LogP contribution >= 0.6 is 27.5 Å². The number of nitrogens with zero attached hydrogens (tertiary/aromatic N) is 1. The van der Waals surface area contributed by atoms with E-state index in [4.69, 9.17) is 11.6 Å². The van der Waals surface area contributed by atoms with Gasteiger partial charge in [0.1, 0.15) is 0 Å². The first-order chi connectivity index (χ1) is 9.56. The van der Waals surface area contributed by atoms with Crippen molar-refractivity contribution in [2.75, 3.05) is 0 Å². The van der Waals surface area contributed by atoms with Crippen LogP contribution in [0.15, 0.2) is 52.0 Å². The summed E-state index contributed by atoms with van der Waals surface area (Å²) in [6.45, 7) is 1.96. The number of rotatable bonds is 3. The van der Waals surface area contributed by atoms with Crippen LogP contribution in [0.2, 0.25) is 5.02 Å². The highest BCUT2D eigenvalue weighted by atomic mass is 79.9. The van der Waals surface area contributed by atoms with Crippen molar-refractivity contribution >= 4 is 39.7 Å². The molecule has 5 heteroatoms. The predicted molar refractivity (Wildman–Crippen MR) is 85.4 cm³/mol. The Labute approximate surface area is 130 Å². The van der Waals surface area contributed by atoms with Crippen LogP contribution in [0, 0.1) is 6.92 Å². The highest BCUT2D eigenvalue weighted by molar-refractivity contribution is 9.10. The fourth-order valence-electron chi connectivity index (χ4n) is 1.51. The number of carbonyl (C=O) groups excluding carboxylic acids is 1. The summed E-state index contributed by atoms with van der Waals surface area (Å²) in [5.74, 6) is -0.254. The van der Waals surface area contributed by atoms with Gasteiger partial charge in [0.25, 0.3) is 5.91 Å². The third-order valence-corrected chi connectivity index (χ3v) is 3.79. The molecule has 0 saturated heterocycles. The van der Waals surface area contributed by atoms with Crippen LogP contribution in [0.1, 0.15) is 21.5 Å². The van der Waals surface area contributed by atoms with E-state index in [1.165, 1.54) is 0 Å². The van der Waals surface area contributed by atoms with Crippen molar-refractivity contribution in [1.82, 2.24) is 5.43 Å². The minimum Gasteiger partial charge on any atom is -0.267 e. The zero-order chi connectivity index (χ0) is 14.5. The molecule has 102 valence electrons. The summed E-state index contributed by atoms with van der Waals surface area (Å²) >= 11 is 9.18. The molecule has 2 aromatic carbocycles. The Bertz CT molecular complexity index is 653. The van der Waals surface area contributed by atoms with Crippen molar-refractivity contribution in [3.63, 3.8) is 0 Å². The van der Waals surface area contributed by atoms with Gasteiger partial charge in [0.15, 0.2) is 0 Å². The van der Waals surface area contributed by atoms with Gasteiger partial charge in [-0.1, -0.05) is 45.7 Å². The highest BCUT2D eigenvalue weighted by Crippen LogP contribution is 2.17. The normalized spacial score (nSPS) is 10.8. The molecule has 0 bridgehead atoms. The maximum Gasteiger partial charge on any atom is 0.271 e. The lowest BCUT2D eigenvalue weighted by atomic mass is 10.1. The maximum atomic E-state index is 11.9. The van der Waals surface area contributed by atoms with Crippen LogP contribution in [-0.4, -0.2) is 12.1 Å². The fourth-order valence-corrected chi connectivity index (χ4v) is 2.02. The Morgan fingerprint density at radius 1 is 1.25 bits per heavy atom. The van der Waals surface area contributed by atoms with E-state index in [-0.39, 0.29) is 5.91 Å². The molecule has 0 fully saturated rings. The molecular formula is C15H12BrClN2O. The average Bonchev–Trinajstić information content (AvgIpc) is 2.44. The lowest BCUT2D eigenvalue weighted by molar-refractivity contribution is 0.0955. The summed E-state index contributed by atoms with van der Waals surface area (Å²) in [6.07, 6.45) is 1.57. The zero-order valence-electron chi connectivity index (χ0n) is 10.7. The van der Waals surface area contributed by atoms with Crippen molar-refractivity contribution in [2.45, 2.75) is 6.92 Å². The van der Waals surface area contributed by atoms with Crippen LogP contribution in [0.25, 0.3) is 0 Å². The number of benzene rings is 2. The van der Waals surface area contributed by atoms with Crippen LogP contribution in [0.5, 0.6) is 0 Å². The van der Waals surface area contributed by atoms with E-state index in [1.807, 2.05) is 25.1 Å². The molecule has 0 aliphatic carbocycles. The lowest BCUT2D eigenvalue weighted by Crippen LogP contribution is -2.17. The molecule has 20 heavy (non-hydrogen) atoms. The lowest BCUT2D eigenvalue weighted by Gasteiger charge is -2.02. The molecule has 0 heterocycles. The van der Waals surface area contributed by atoms with E-state index < -0.39 is 0 Å². The van der Waals surface area contributed by atoms with Gasteiger partial charge in [-0.3, -0.25) is 4.79 Å². The molecule has 0 radical (unpaired) electrons. The Balaban J connectivity index is 2.01. The van der Waals surface area contributed by atoms with Crippen LogP contribution in [-0.2, 0) is 0 Å². The van der Waals surface area contributed by atoms with Crippen LogP contribution in [0.3, 0.4) is 0 Å². The maximum absolute atomic E-state index is 11.9. The molecule has 2 rings (SSSR count). The van der Waals surface area contributed by atoms with Crippen molar-refractivity contribution in [2.24, 2.45) is 5.10 Å². The van der Waals surface area contributed by atoms with Crippen molar-refractivity contribution in [3.05, 3.63) is 68.7 Å². The van der Waals surface area contributed by atoms with Gasteiger partial charge in [-0.05, 0) is 42.3 Å². The second-order valence-corrected chi connectivity index (χ2v) is 5.51. The van der Waals surface area contributed by atoms with E-state index in [1.54, 1.807) is 30.5 Å². The van der Waals surface area contributed by atoms with E-state index >= 15 is 0 Å². The minimum atomic E-state index is -0.254. The number of hydrogen-bond donors (Lipinski definition) is 1. The van der Waals surface area contributed by atoms with Crippen molar-refractivity contribution in [3.8, 4) is 0 Å². The molecule has 0 spiro atoms. The summed E-state index contributed by atoms with van der Waals surface area (Å²) < 4.78 is 0.895. The fraction of sp³-hybridized carbons (Fsp3) is 0.0667. The Hall–Kier alpha value is -1.65. The molecule has 1 N–H and O–H groups in total. The Morgan fingerprint density at radius 3 is 2.60 bits per heavy atom. The van der Waals surface area contributed by atoms with Crippen LogP contribution in [0.4, 0.5) is 0 Å². The van der Waals surface area contributed by atoms with E-state index in [2.05, 4.69) is 26.5 Å². The molecule has 3 nitrogen and oxygen atoms in total. The molecule has 0 aromatic heterocycles. The molecule has 0 aliphatic heterocycles. The van der Waals surface area contributed by atoms with Gasteiger partial charge in [0.05, 0.1) is 6.21 Å². The summed E-state index contributed by atoms with van der Waals surface area (Å²) in [5.41, 5.74) is 4.97. The SMILES string of the molecule is Cc1ccc(C(=O)NN=Cc2ccc(Cl)cc2)cc1Br. The monoisotopic (exact) mass is 350 g/mol. The minimum absolute atomic E-state index is 0.254. The zero-order valence-corrected chi connectivity index (χ0v) is 13.1. The third-order valence-electron chi connectivity index (χ3n) is 2.68. The Kier molecular flexibility index (Phi) is 4.93. The number of carbonyl (C=O) groups is 1. The molecule has 1 amide bonds. The first-order valence-corrected chi connectivity index (χ1v) is 7.08. The summed E-state index contributed by atoms with van der Waals surface area (Å²) in [4.78, 5) is 11.9. The quantitative estimate of drug-likeness (QED) is 0.654. The number of aryl methyl sites for hydroxylation is 1. The number of hydrazone groups is 1. The molecule has 0 aliphatic rings. The van der Waals surface area contributed by atoms with Crippen LogP contribution < -0.4 is 5.43 Å². The van der Waals surface area contributed by atoms with Gasteiger partial charge in [0, 0.05) is 15.1 Å². The molecule has 0 unspecified atom stereocenters. The molecular weight excluding hydrogens is 340 g/mol. The first-order valence-electron chi connectivity index (χ1n) is 5.91. The number of halogens is 2. The van der Waals surface area contributed by atoms with Crippen molar-refractivity contribution < 1.29 is 4.79 Å². The summed E-state index contributed by atoms with van der Waals surface area (Å²) in [6, 6.07) is 12.6. The van der Waals surface area contributed by atoms with Gasteiger partial charge in [0.2, 0.25) is 0 Å². The van der Waals surface area contributed by atoms with Crippen molar-refractivity contribution in [1.29, 1.82) is 0 Å². The largest absolute Gasteiger partial charge is 0.271 e. The molecule has 0 atom stereocenters. The van der Waals surface area contributed by atoms with Gasteiger partial charge >= 0.3 is 0 Å². The van der Waals surface area contributed by atoms with E-state index in [0.717, 1.165) is 15.6 Å². The summed E-state index contributed by atoms with van der Waals surface area (Å²) in [7, 11) is 0. The van der Waals surface area contributed by atoms with Gasteiger partial charge in [-0.2, -0.15) is 5.10 Å². The topological polar surface area (TPSA) is 41.5 Å².